The van der Waals surface area contributed by atoms with Gasteiger partial charge in [0.1, 0.15) is 22.2 Å². The van der Waals surface area contributed by atoms with Gasteiger partial charge in [-0.2, -0.15) is 4.31 Å². The van der Waals surface area contributed by atoms with Gasteiger partial charge in [-0.3, -0.25) is 9.38 Å². The summed E-state index contributed by atoms with van der Waals surface area (Å²) in [7, 11) is -0.669. The monoisotopic (exact) mass is 574 g/mol. The van der Waals surface area contributed by atoms with Crippen molar-refractivity contribution in [1.82, 2.24) is 18.7 Å². The van der Waals surface area contributed by atoms with Gasteiger partial charge < -0.3 is 13.9 Å². The molecule has 11 heteroatoms. The molecule has 0 atom stereocenters. The van der Waals surface area contributed by atoms with Crippen LogP contribution >= 0.6 is 11.3 Å². The van der Waals surface area contributed by atoms with Crippen molar-refractivity contribution in [3.63, 3.8) is 0 Å². The molecule has 6 rings (SSSR count). The van der Waals surface area contributed by atoms with Gasteiger partial charge in [-0.15, -0.1) is 11.3 Å². The predicted octanol–water partition coefficient (Wildman–Crippen LogP) is 5.65. The molecule has 0 saturated heterocycles. The molecule has 9 nitrogen and oxygen atoms in total. The lowest BCUT2D eigenvalue weighted by Crippen LogP contribution is -2.33. The summed E-state index contributed by atoms with van der Waals surface area (Å²) in [5.74, 6) is 1.95. The van der Waals surface area contributed by atoms with Crippen molar-refractivity contribution in [3.8, 4) is 22.8 Å². The molecule has 2 aromatic carbocycles. The average Bonchev–Trinajstić information content (AvgIpc) is 3.73. The highest BCUT2D eigenvalue weighted by Gasteiger charge is 2.28. The van der Waals surface area contributed by atoms with Crippen LogP contribution in [-0.4, -0.2) is 47.9 Å². The van der Waals surface area contributed by atoms with Gasteiger partial charge in [-0.25, -0.2) is 13.4 Å². The van der Waals surface area contributed by atoms with E-state index in [0.29, 0.717) is 29.2 Å². The van der Waals surface area contributed by atoms with E-state index < -0.39 is 10.0 Å². The van der Waals surface area contributed by atoms with Gasteiger partial charge in [-0.1, -0.05) is 18.2 Å². The largest absolute Gasteiger partial charge is 0.497 e. The Labute approximate surface area is 235 Å². The number of thiazole rings is 1. The predicted molar refractivity (Wildman–Crippen MR) is 153 cm³/mol. The first-order valence-electron chi connectivity index (χ1n) is 12.5. The number of aromatic nitrogens is 3. The topological polar surface area (TPSA) is 99.2 Å². The standard InChI is InChI=1S/C29H26N4O5S2/c1-36-22-10-11-26(37-2)24(16-22)25-18-33-21(19-39-29(33)31-25)12-14-32(17-23-8-5-15-38-23)40(34,35)27-9-3-6-20-7-4-13-30-28(20)27/h3-11,13,15-16,18-19H,12,14,17H2,1-2H3. The van der Waals surface area contributed by atoms with E-state index in [1.165, 1.54) is 15.6 Å². The van der Waals surface area contributed by atoms with Crippen LogP contribution in [0.3, 0.4) is 0 Å². The van der Waals surface area contributed by atoms with E-state index in [1.807, 2.05) is 46.3 Å². The lowest BCUT2D eigenvalue weighted by molar-refractivity contribution is 0.365. The number of hydrogen-bond donors (Lipinski definition) is 0. The summed E-state index contributed by atoms with van der Waals surface area (Å²) in [5, 5.41) is 2.77. The van der Waals surface area contributed by atoms with Crippen molar-refractivity contribution < 1.29 is 22.3 Å². The maximum absolute atomic E-state index is 14.0. The zero-order valence-electron chi connectivity index (χ0n) is 21.9. The molecule has 0 aliphatic heterocycles. The highest BCUT2D eigenvalue weighted by atomic mass is 32.2. The molecule has 204 valence electrons. The number of methoxy groups -OCH3 is 2. The molecular weight excluding hydrogens is 548 g/mol. The number of ether oxygens (including phenoxy) is 2. The van der Waals surface area contributed by atoms with Gasteiger partial charge in [0.15, 0.2) is 4.96 Å². The van der Waals surface area contributed by atoms with Gasteiger partial charge in [-0.05, 0) is 42.5 Å². The molecule has 0 aliphatic carbocycles. The van der Waals surface area contributed by atoms with Crippen molar-refractivity contribution in [2.45, 2.75) is 17.9 Å². The minimum atomic E-state index is -3.91. The van der Waals surface area contributed by atoms with Gasteiger partial charge in [0.2, 0.25) is 10.0 Å². The number of rotatable bonds is 10. The van der Waals surface area contributed by atoms with Crippen LogP contribution in [0.5, 0.6) is 11.5 Å². The highest BCUT2D eigenvalue weighted by molar-refractivity contribution is 7.89. The summed E-state index contributed by atoms with van der Waals surface area (Å²) in [5.41, 5.74) is 2.94. The minimum absolute atomic E-state index is 0.0992. The number of fused-ring (bicyclic) bond motifs is 2. The normalized spacial score (nSPS) is 12.0. The number of furan rings is 1. The molecule has 0 bridgehead atoms. The van der Waals surface area contributed by atoms with Crippen LogP contribution in [0.4, 0.5) is 0 Å². The smallest absolute Gasteiger partial charge is 0.245 e. The molecule has 4 heterocycles. The molecule has 0 fully saturated rings. The SMILES string of the molecule is COc1ccc(OC)c(-c2cn3c(CCN(Cc4ccco4)S(=O)(=O)c4cccc5cccnc45)csc3n2)c1. The number of benzene rings is 2. The Morgan fingerprint density at radius 1 is 1.05 bits per heavy atom. The Morgan fingerprint density at radius 2 is 1.93 bits per heavy atom. The maximum atomic E-state index is 14.0. The third-order valence-electron chi connectivity index (χ3n) is 6.71. The van der Waals surface area contributed by atoms with Gasteiger partial charge in [0.05, 0.1) is 38.2 Å². The first kappa shape index (κ1) is 26.1. The Balaban J connectivity index is 1.33. The van der Waals surface area contributed by atoms with E-state index in [4.69, 9.17) is 18.9 Å². The molecule has 0 unspecified atom stereocenters. The van der Waals surface area contributed by atoms with Crippen molar-refractivity contribution in [1.29, 1.82) is 0 Å². The molecule has 0 amide bonds. The molecule has 0 radical (unpaired) electrons. The molecule has 40 heavy (non-hydrogen) atoms. The van der Waals surface area contributed by atoms with Crippen LogP contribution in [-0.2, 0) is 23.0 Å². The Hall–Kier alpha value is -4.19. The summed E-state index contributed by atoms with van der Waals surface area (Å²) >= 11 is 1.50. The van der Waals surface area contributed by atoms with E-state index in [-0.39, 0.29) is 18.0 Å². The van der Waals surface area contributed by atoms with Crippen LogP contribution < -0.4 is 9.47 Å². The summed E-state index contributed by atoms with van der Waals surface area (Å²) < 4.78 is 48.0. The van der Waals surface area contributed by atoms with Gasteiger partial charge in [0.25, 0.3) is 0 Å². The highest BCUT2D eigenvalue weighted by Crippen LogP contribution is 2.34. The van der Waals surface area contributed by atoms with E-state index in [1.54, 1.807) is 57.0 Å². The van der Waals surface area contributed by atoms with Crippen LogP contribution in [0.2, 0.25) is 0 Å². The molecule has 0 N–H and O–H groups in total. The summed E-state index contributed by atoms with van der Waals surface area (Å²) in [6, 6.07) is 18.0. The summed E-state index contributed by atoms with van der Waals surface area (Å²) in [4.78, 5) is 10.1. The fourth-order valence-electron chi connectivity index (χ4n) is 4.68. The molecule has 0 saturated carbocycles. The second kappa shape index (κ2) is 10.8. The van der Waals surface area contributed by atoms with Crippen molar-refractivity contribution >= 4 is 37.2 Å². The zero-order valence-corrected chi connectivity index (χ0v) is 23.5. The van der Waals surface area contributed by atoms with E-state index in [9.17, 15) is 8.42 Å². The Bertz CT molecular complexity index is 1890. The number of hydrogen-bond acceptors (Lipinski definition) is 8. The second-order valence-corrected chi connectivity index (χ2v) is 11.8. The molecule has 4 aromatic heterocycles. The van der Waals surface area contributed by atoms with E-state index in [0.717, 1.165) is 27.3 Å². The lowest BCUT2D eigenvalue weighted by Gasteiger charge is -2.22. The minimum Gasteiger partial charge on any atom is -0.497 e. The van der Waals surface area contributed by atoms with Gasteiger partial charge >= 0.3 is 0 Å². The molecule has 0 spiro atoms. The fraction of sp³-hybridized carbons (Fsp3) is 0.172. The van der Waals surface area contributed by atoms with Crippen molar-refractivity contribution in [3.05, 3.63) is 96.2 Å². The third-order valence-corrected chi connectivity index (χ3v) is 9.47. The first-order chi connectivity index (χ1) is 19.5. The Morgan fingerprint density at radius 3 is 2.73 bits per heavy atom. The first-order valence-corrected chi connectivity index (χ1v) is 14.8. The fourth-order valence-corrected chi connectivity index (χ4v) is 7.16. The van der Waals surface area contributed by atoms with Crippen molar-refractivity contribution in [2.75, 3.05) is 20.8 Å². The second-order valence-electron chi connectivity index (χ2n) is 9.07. The number of para-hydroxylation sites is 1. The molecule has 6 aromatic rings. The quantitative estimate of drug-likeness (QED) is 0.208. The van der Waals surface area contributed by atoms with E-state index >= 15 is 0 Å². The van der Waals surface area contributed by atoms with E-state index in [2.05, 4.69) is 4.98 Å². The van der Waals surface area contributed by atoms with Crippen LogP contribution in [0.1, 0.15) is 11.5 Å². The third kappa shape index (κ3) is 4.83. The zero-order chi connectivity index (χ0) is 27.7. The van der Waals surface area contributed by atoms with Gasteiger partial charge in [0, 0.05) is 47.4 Å². The number of imidazole rings is 1. The van der Waals surface area contributed by atoms with Crippen molar-refractivity contribution in [2.24, 2.45) is 0 Å². The Kier molecular flexibility index (Phi) is 7.01. The summed E-state index contributed by atoms with van der Waals surface area (Å²) in [6.07, 6.45) is 5.55. The lowest BCUT2D eigenvalue weighted by atomic mass is 10.1. The molecular formula is C29H26N4O5S2. The molecule has 0 aliphatic rings. The summed E-state index contributed by atoms with van der Waals surface area (Å²) in [6.45, 7) is 0.329. The number of pyridine rings is 1. The number of sulfonamides is 1. The average molecular weight is 575 g/mol. The van der Waals surface area contributed by atoms with Crippen LogP contribution in [0.25, 0.3) is 27.1 Å². The number of nitrogens with zero attached hydrogens (tertiary/aromatic N) is 4. The maximum Gasteiger partial charge on any atom is 0.245 e. The van der Waals surface area contributed by atoms with Crippen LogP contribution in [0, 0.1) is 0 Å². The van der Waals surface area contributed by atoms with Crippen LogP contribution in [0.15, 0.2) is 94.0 Å².